The molecule has 1 N–H and O–H groups in total. The zero-order valence-corrected chi connectivity index (χ0v) is 24.7. The van der Waals surface area contributed by atoms with Crippen molar-refractivity contribution in [2.45, 2.75) is 33.0 Å². The average molecular weight is 621 g/mol. The molecular formula is C32H26F2N10O2. The predicted octanol–water partition coefficient (Wildman–Crippen LogP) is 4.51. The van der Waals surface area contributed by atoms with Crippen LogP contribution in [0.2, 0.25) is 0 Å². The van der Waals surface area contributed by atoms with Crippen LogP contribution in [0.3, 0.4) is 0 Å². The number of benzene rings is 2. The van der Waals surface area contributed by atoms with Gasteiger partial charge < -0.3 is 14.2 Å². The zero-order valence-electron chi connectivity index (χ0n) is 24.7. The lowest BCUT2D eigenvalue weighted by atomic mass is 10.1. The van der Waals surface area contributed by atoms with Crippen molar-refractivity contribution in [2.75, 3.05) is 0 Å². The summed E-state index contributed by atoms with van der Waals surface area (Å²) in [6.07, 6.45) is 8.78. The number of aliphatic hydroxyl groups is 1. The number of aromatic nitrogens is 8. The van der Waals surface area contributed by atoms with E-state index >= 15 is 0 Å². The summed E-state index contributed by atoms with van der Waals surface area (Å²) in [6.45, 7) is 3.84. The van der Waals surface area contributed by atoms with Gasteiger partial charge in [-0.25, -0.2) is 28.1 Å². The highest BCUT2D eigenvalue weighted by Gasteiger charge is 2.16. The number of hydrogen-bond donors (Lipinski definition) is 1. The van der Waals surface area contributed by atoms with Crippen LogP contribution in [-0.4, -0.2) is 49.6 Å². The number of ketones is 1. The number of carbonyl (C=O) groups is 1. The molecule has 1 unspecified atom stereocenters. The first-order chi connectivity index (χ1) is 22.2. The lowest BCUT2D eigenvalue weighted by Crippen LogP contribution is -2.10. The van der Waals surface area contributed by atoms with Crippen LogP contribution in [0.1, 0.15) is 58.6 Å². The zero-order chi connectivity index (χ0) is 32.8. The highest BCUT2D eigenvalue weighted by atomic mass is 19.1. The molecule has 4 aromatic heterocycles. The van der Waals surface area contributed by atoms with E-state index in [2.05, 4.69) is 20.2 Å². The second kappa shape index (κ2) is 13.6. The number of halogens is 2. The van der Waals surface area contributed by atoms with Gasteiger partial charge in [-0.3, -0.25) is 4.79 Å². The van der Waals surface area contributed by atoms with Crippen LogP contribution < -0.4 is 0 Å². The Morgan fingerprint density at radius 1 is 0.826 bits per heavy atom. The van der Waals surface area contributed by atoms with Gasteiger partial charge in [0.1, 0.15) is 23.8 Å². The fourth-order valence-corrected chi connectivity index (χ4v) is 4.75. The molecule has 2 aromatic carbocycles. The molecule has 0 spiro atoms. The van der Waals surface area contributed by atoms with Gasteiger partial charge in [0.05, 0.1) is 54.6 Å². The monoisotopic (exact) mass is 620 g/mol. The average Bonchev–Trinajstić information content (AvgIpc) is 3.86. The van der Waals surface area contributed by atoms with E-state index in [1.165, 1.54) is 37.3 Å². The Morgan fingerprint density at radius 3 is 1.80 bits per heavy atom. The molecule has 230 valence electrons. The van der Waals surface area contributed by atoms with E-state index < -0.39 is 17.7 Å². The van der Waals surface area contributed by atoms with Crippen molar-refractivity contribution in [3.8, 4) is 23.5 Å². The van der Waals surface area contributed by atoms with Gasteiger partial charge in [-0.2, -0.15) is 20.7 Å². The summed E-state index contributed by atoms with van der Waals surface area (Å²) in [5.41, 5.74) is 4.10. The molecule has 0 bridgehead atoms. The van der Waals surface area contributed by atoms with Crippen LogP contribution >= 0.6 is 0 Å². The highest BCUT2D eigenvalue weighted by Crippen LogP contribution is 2.24. The summed E-state index contributed by atoms with van der Waals surface area (Å²) in [4.78, 5) is 19.7. The quantitative estimate of drug-likeness (QED) is 0.244. The van der Waals surface area contributed by atoms with Crippen LogP contribution in [0.4, 0.5) is 8.78 Å². The van der Waals surface area contributed by atoms with Crippen molar-refractivity contribution in [3.05, 3.63) is 132 Å². The van der Waals surface area contributed by atoms with Gasteiger partial charge in [0.25, 0.3) is 0 Å². The molecule has 0 saturated carbocycles. The molecule has 4 heterocycles. The summed E-state index contributed by atoms with van der Waals surface area (Å²) in [6, 6.07) is 15.8. The third-order valence-electron chi connectivity index (χ3n) is 6.86. The normalized spacial score (nSPS) is 11.3. The SMILES string of the molecule is CC(=O)c1cc(F)ccc1-n1nccc1Cn1cnc(C#N)c1.CC(O)c1cc(F)ccc1-n1nccc1Cn1cnc(C#N)c1. The molecule has 14 heteroatoms. The predicted molar refractivity (Wildman–Crippen MR) is 160 cm³/mol. The van der Waals surface area contributed by atoms with Crippen molar-refractivity contribution in [3.63, 3.8) is 0 Å². The van der Waals surface area contributed by atoms with Crippen LogP contribution in [0.5, 0.6) is 0 Å². The number of nitriles is 2. The maximum absolute atomic E-state index is 13.5. The Kier molecular flexibility index (Phi) is 9.21. The number of rotatable bonds is 8. The topological polar surface area (TPSA) is 156 Å². The molecule has 6 rings (SSSR count). The summed E-state index contributed by atoms with van der Waals surface area (Å²) in [7, 11) is 0. The van der Waals surface area contributed by atoms with Crippen LogP contribution in [-0.2, 0) is 13.1 Å². The number of Topliss-reactive ketones (excluding diaryl/α,β-unsaturated/α-hetero) is 1. The number of imidazole rings is 2. The van der Waals surface area contributed by atoms with E-state index in [1.807, 2.05) is 18.2 Å². The van der Waals surface area contributed by atoms with E-state index in [0.717, 1.165) is 11.4 Å². The van der Waals surface area contributed by atoms with Gasteiger partial charge in [-0.05, 0) is 62.4 Å². The Labute approximate surface area is 261 Å². The number of carbonyl (C=O) groups excluding carboxylic acids is 1. The molecule has 0 fully saturated rings. The maximum atomic E-state index is 13.5. The minimum atomic E-state index is -0.823. The van der Waals surface area contributed by atoms with Gasteiger partial charge in [0.2, 0.25) is 0 Å². The molecule has 0 amide bonds. The number of hydrogen-bond acceptors (Lipinski definition) is 8. The Bertz CT molecular complexity index is 2090. The minimum Gasteiger partial charge on any atom is -0.389 e. The largest absolute Gasteiger partial charge is 0.389 e. The Balaban J connectivity index is 0.000000181. The van der Waals surface area contributed by atoms with E-state index in [1.54, 1.807) is 75.0 Å². The van der Waals surface area contributed by atoms with E-state index in [0.29, 0.717) is 41.4 Å². The number of aliphatic hydroxyl groups excluding tert-OH is 1. The minimum absolute atomic E-state index is 0.240. The maximum Gasteiger partial charge on any atom is 0.162 e. The van der Waals surface area contributed by atoms with Crippen molar-refractivity contribution in [1.82, 2.24) is 38.7 Å². The van der Waals surface area contributed by atoms with Crippen molar-refractivity contribution < 1.29 is 18.7 Å². The summed E-state index contributed by atoms with van der Waals surface area (Å²) in [5.74, 6) is -1.12. The number of nitrogens with zero attached hydrogens (tertiary/aromatic N) is 10. The van der Waals surface area contributed by atoms with Crippen LogP contribution in [0.25, 0.3) is 11.4 Å². The molecule has 0 aliphatic rings. The van der Waals surface area contributed by atoms with Gasteiger partial charge in [0.15, 0.2) is 17.2 Å². The van der Waals surface area contributed by atoms with Crippen LogP contribution in [0.15, 0.2) is 86.0 Å². The molecular weight excluding hydrogens is 594 g/mol. The molecule has 0 radical (unpaired) electrons. The van der Waals surface area contributed by atoms with Gasteiger partial charge in [-0.15, -0.1) is 0 Å². The van der Waals surface area contributed by atoms with Crippen molar-refractivity contribution in [1.29, 1.82) is 10.5 Å². The molecule has 12 nitrogen and oxygen atoms in total. The highest BCUT2D eigenvalue weighted by molar-refractivity contribution is 5.97. The Morgan fingerprint density at radius 2 is 1.33 bits per heavy atom. The van der Waals surface area contributed by atoms with Gasteiger partial charge in [-0.1, -0.05) is 0 Å². The summed E-state index contributed by atoms with van der Waals surface area (Å²) >= 11 is 0. The smallest absolute Gasteiger partial charge is 0.162 e. The molecule has 1 atom stereocenters. The standard InChI is InChI=1S/C16H14FN5O.C16H12FN5O/c2*1-11(23)15-6-12(17)2-3-16(15)22-14(4-5-20-22)9-21-8-13(7-18)19-10-21/h2-6,8,10-11,23H,9H2,1H3;2-6,8,10H,9H2,1H3. The van der Waals surface area contributed by atoms with Crippen LogP contribution in [0, 0.1) is 34.3 Å². The lowest BCUT2D eigenvalue weighted by molar-refractivity contribution is 0.101. The van der Waals surface area contributed by atoms with Crippen molar-refractivity contribution >= 4 is 5.78 Å². The lowest BCUT2D eigenvalue weighted by Gasteiger charge is -2.15. The molecule has 46 heavy (non-hydrogen) atoms. The first kappa shape index (κ1) is 31.2. The van der Waals surface area contributed by atoms with E-state index in [9.17, 15) is 18.7 Å². The third-order valence-corrected chi connectivity index (χ3v) is 6.86. The van der Waals surface area contributed by atoms with E-state index in [-0.39, 0.29) is 11.3 Å². The van der Waals surface area contributed by atoms with Crippen molar-refractivity contribution in [2.24, 2.45) is 0 Å². The third kappa shape index (κ3) is 6.93. The molecule has 0 aliphatic heterocycles. The fraction of sp³-hybridized carbons (Fsp3) is 0.156. The van der Waals surface area contributed by atoms with E-state index in [4.69, 9.17) is 10.5 Å². The first-order valence-corrected chi connectivity index (χ1v) is 13.8. The molecule has 0 aliphatic carbocycles. The van der Waals surface area contributed by atoms with Gasteiger partial charge >= 0.3 is 0 Å². The Hall–Kier alpha value is -6.25. The van der Waals surface area contributed by atoms with Gasteiger partial charge in [0, 0.05) is 35.9 Å². The molecule has 0 saturated heterocycles. The summed E-state index contributed by atoms with van der Waals surface area (Å²) < 4.78 is 33.6. The summed E-state index contributed by atoms with van der Waals surface area (Å²) in [5, 5.41) is 36.0. The molecule has 6 aromatic rings. The second-order valence-electron chi connectivity index (χ2n) is 10.2. The second-order valence-corrected chi connectivity index (χ2v) is 10.2. The fourth-order valence-electron chi connectivity index (χ4n) is 4.75. The first-order valence-electron chi connectivity index (χ1n) is 13.8.